The van der Waals surface area contributed by atoms with Gasteiger partial charge in [0.05, 0.1) is 12.2 Å². The van der Waals surface area contributed by atoms with Gasteiger partial charge >= 0.3 is 0 Å². The zero-order valence-corrected chi connectivity index (χ0v) is 18.4. The van der Waals surface area contributed by atoms with Crippen LogP contribution in [0, 0.1) is 5.92 Å². The summed E-state index contributed by atoms with van der Waals surface area (Å²) in [7, 11) is 0. The summed E-state index contributed by atoms with van der Waals surface area (Å²) in [5, 5.41) is 0. The summed E-state index contributed by atoms with van der Waals surface area (Å²) < 4.78 is 0. The first kappa shape index (κ1) is 20.8. The largest absolute Gasteiger partial charge is 0.357 e. The molecule has 2 aliphatic rings. The first-order chi connectivity index (χ1) is 14.7. The Morgan fingerprint density at radius 3 is 2.53 bits per heavy atom. The minimum atomic E-state index is 0.296. The fraction of sp³-hybridized carbons (Fsp3) is 0.560. The van der Waals surface area contributed by atoms with E-state index in [4.69, 9.17) is 9.97 Å². The Kier molecular flexibility index (Phi) is 6.66. The third-order valence-electron chi connectivity index (χ3n) is 6.73. The van der Waals surface area contributed by atoms with Crippen molar-refractivity contribution >= 4 is 11.7 Å². The van der Waals surface area contributed by atoms with Crippen molar-refractivity contribution in [1.29, 1.82) is 0 Å². The number of aromatic nitrogens is 2. The molecule has 1 aliphatic carbocycles. The third-order valence-corrected chi connectivity index (χ3v) is 6.73. The van der Waals surface area contributed by atoms with Crippen LogP contribution in [0.1, 0.15) is 63.6 Å². The Labute approximate surface area is 180 Å². The molecule has 2 aromatic rings. The molecule has 0 unspecified atom stereocenters. The van der Waals surface area contributed by atoms with Crippen LogP contribution in [0.15, 0.2) is 30.3 Å². The van der Waals surface area contributed by atoms with Crippen molar-refractivity contribution in [2.24, 2.45) is 5.92 Å². The molecule has 0 N–H and O–H groups in total. The highest BCUT2D eigenvalue weighted by Gasteiger charge is 2.28. The van der Waals surface area contributed by atoms with Gasteiger partial charge in [0.25, 0.3) is 0 Å². The van der Waals surface area contributed by atoms with Crippen LogP contribution in [0.25, 0.3) is 11.4 Å². The number of carbonyl (C=O) groups is 1. The number of nitrogens with zero attached hydrogens (tertiary/aromatic N) is 4. The van der Waals surface area contributed by atoms with Crippen LogP contribution in [0.4, 0.5) is 5.82 Å². The second kappa shape index (κ2) is 9.59. The summed E-state index contributed by atoms with van der Waals surface area (Å²) >= 11 is 0. The number of hydrogen-bond donors (Lipinski definition) is 0. The zero-order chi connectivity index (χ0) is 20.9. The molecule has 1 aromatic heterocycles. The van der Waals surface area contributed by atoms with Crippen molar-refractivity contribution in [2.75, 3.05) is 24.5 Å². The normalized spacial score (nSPS) is 16.5. The Morgan fingerprint density at radius 2 is 1.83 bits per heavy atom. The molecular weight excluding hydrogens is 372 g/mol. The predicted molar refractivity (Wildman–Crippen MR) is 121 cm³/mol. The average molecular weight is 407 g/mol. The Hall–Kier alpha value is -2.43. The SMILES string of the molecule is CCN(CC)c1nc(-c2ccccc2)nc2c1CN(C(=O)CCC1CCCC1)CC2. The minimum Gasteiger partial charge on any atom is -0.357 e. The number of hydrogen-bond acceptors (Lipinski definition) is 4. The molecule has 1 saturated carbocycles. The predicted octanol–water partition coefficient (Wildman–Crippen LogP) is 4.84. The molecule has 30 heavy (non-hydrogen) atoms. The second-order valence-electron chi connectivity index (χ2n) is 8.59. The van der Waals surface area contributed by atoms with E-state index >= 15 is 0 Å². The van der Waals surface area contributed by atoms with Crippen molar-refractivity contribution < 1.29 is 4.79 Å². The van der Waals surface area contributed by atoms with Gasteiger partial charge in [0.2, 0.25) is 5.91 Å². The van der Waals surface area contributed by atoms with Crippen molar-refractivity contribution in [1.82, 2.24) is 14.9 Å². The second-order valence-corrected chi connectivity index (χ2v) is 8.59. The van der Waals surface area contributed by atoms with Gasteiger partial charge in [0.1, 0.15) is 5.82 Å². The van der Waals surface area contributed by atoms with E-state index in [-0.39, 0.29) is 0 Å². The zero-order valence-electron chi connectivity index (χ0n) is 18.4. The fourth-order valence-corrected chi connectivity index (χ4v) is 4.90. The van der Waals surface area contributed by atoms with E-state index in [2.05, 4.69) is 30.9 Å². The highest BCUT2D eigenvalue weighted by molar-refractivity contribution is 5.77. The van der Waals surface area contributed by atoms with E-state index in [1.165, 1.54) is 25.7 Å². The molecule has 160 valence electrons. The molecule has 1 fully saturated rings. The lowest BCUT2D eigenvalue weighted by atomic mass is 10.00. The van der Waals surface area contributed by atoms with Gasteiger partial charge in [-0.25, -0.2) is 9.97 Å². The summed E-state index contributed by atoms with van der Waals surface area (Å²) in [6.45, 7) is 7.51. The lowest BCUT2D eigenvalue weighted by Crippen LogP contribution is -2.38. The molecule has 0 spiro atoms. The van der Waals surface area contributed by atoms with Gasteiger partial charge in [0.15, 0.2) is 5.82 Å². The monoisotopic (exact) mass is 406 g/mol. The third kappa shape index (κ3) is 4.50. The van der Waals surface area contributed by atoms with E-state index in [1.54, 1.807) is 0 Å². The fourth-order valence-electron chi connectivity index (χ4n) is 4.90. The van der Waals surface area contributed by atoms with Gasteiger partial charge < -0.3 is 9.80 Å². The molecule has 0 bridgehead atoms. The molecule has 4 rings (SSSR count). The minimum absolute atomic E-state index is 0.296. The van der Waals surface area contributed by atoms with Gasteiger partial charge in [-0.15, -0.1) is 0 Å². The van der Waals surface area contributed by atoms with Crippen LogP contribution in [0.5, 0.6) is 0 Å². The van der Waals surface area contributed by atoms with Crippen LogP contribution in [0.3, 0.4) is 0 Å². The van der Waals surface area contributed by atoms with E-state index in [0.29, 0.717) is 18.9 Å². The summed E-state index contributed by atoms with van der Waals surface area (Å²) in [5.41, 5.74) is 3.29. The summed E-state index contributed by atoms with van der Waals surface area (Å²) in [5.74, 6) is 2.84. The lowest BCUT2D eigenvalue weighted by molar-refractivity contribution is -0.132. The Bertz CT molecular complexity index is 857. The van der Waals surface area contributed by atoms with Gasteiger partial charge in [-0.3, -0.25) is 4.79 Å². The van der Waals surface area contributed by atoms with Gasteiger partial charge in [-0.2, -0.15) is 0 Å². The van der Waals surface area contributed by atoms with E-state index in [0.717, 1.165) is 66.9 Å². The van der Waals surface area contributed by atoms with Crippen LogP contribution in [0.2, 0.25) is 0 Å². The lowest BCUT2D eigenvalue weighted by Gasteiger charge is -2.32. The summed E-state index contributed by atoms with van der Waals surface area (Å²) in [4.78, 5) is 27.2. The summed E-state index contributed by atoms with van der Waals surface area (Å²) in [6, 6.07) is 10.2. The van der Waals surface area contributed by atoms with Crippen LogP contribution in [-0.2, 0) is 17.8 Å². The number of carbonyl (C=O) groups excluding carboxylic acids is 1. The van der Waals surface area contributed by atoms with E-state index in [1.807, 2.05) is 23.1 Å². The van der Waals surface area contributed by atoms with Crippen LogP contribution >= 0.6 is 0 Å². The molecule has 5 nitrogen and oxygen atoms in total. The number of amides is 1. The van der Waals surface area contributed by atoms with Crippen molar-refractivity contribution in [3.05, 3.63) is 41.6 Å². The standard InChI is InChI=1S/C25H34N4O/c1-3-28(4-2)25-21-18-29(23(30)15-14-19-10-8-9-11-19)17-16-22(21)26-24(27-25)20-12-6-5-7-13-20/h5-7,12-13,19H,3-4,8-11,14-18H2,1-2H3. The topological polar surface area (TPSA) is 49.3 Å². The molecule has 1 amide bonds. The van der Waals surface area contributed by atoms with E-state index in [9.17, 15) is 4.79 Å². The van der Waals surface area contributed by atoms with Gasteiger partial charge in [-0.1, -0.05) is 56.0 Å². The average Bonchev–Trinajstić information content (AvgIpc) is 3.32. The molecule has 0 saturated heterocycles. The van der Waals surface area contributed by atoms with Crippen molar-refractivity contribution in [2.45, 2.75) is 65.3 Å². The molecular formula is C25H34N4O. The molecule has 1 aromatic carbocycles. The maximum Gasteiger partial charge on any atom is 0.222 e. The molecule has 1 aliphatic heterocycles. The Balaban J connectivity index is 1.58. The van der Waals surface area contributed by atoms with Crippen LogP contribution in [-0.4, -0.2) is 40.4 Å². The number of fused-ring (bicyclic) bond motifs is 1. The van der Waals surface area contributed by atoms with Crippen LogP contribution < -0.4 is 4.90 Å². The van der Waals surface area contributed by atoms with E-state index < -0.39 is 0 Å². The summed E-state index contributed by atoms with van der Waals surface area (Å²) in [6.07, 6.45) is 7.82. The molecule has 5 heteroatoms. The maximum atomic E-state index is 12.9. The van der Waals surface area contributed by atoms with Gasteiger partial charge in [-0.05, 0) is 26.2 Å². The first-order valence-corrected chi connectivity index (χ1v) is 11.7. The Morgan fingerprint density at radius 1 is 1.10 bits per heavy atom. The van der Waals surface area contributed by atoms with Crippen molar-refractivity contribution in [3.8, 4) is 11.4 Å². The molecule has 0 radical (unpaired) electrons. The quantitative estimate of drug-likeness (QED) is 0.660. The molecule has 0 atom stereocenters. The van der Waals surface area contributed by atoms with Crippen molar-refractivity contribution in [3.63, 3.8) is 0 Å². The molecule has 2 heterocycles. The number of rotatable bonds is 7. The maximum absolute atomic E-state index is 12.9. The highest BCUT2D eigenvalue weighted by atomic mass is 16.2. The van der Waals surface area contributed by atoms with Gasteiger partial charge in [0, 0.05) is 43.6 Å². The number of benzene rings is 1. The number of anilines is 1. The smallest absolute Gasteiger partial charge is 0.222 e. The first-order valence-electron chi connectivity index (χ1n) is 11.7. The highest BCUT2D eigenvalue weighted by Crippen LogP contribution is 2.31.